The molecule has 100 valence electrons. The SMILES string of the molecule is O=C(CBr)NC(=O)[C@@H](O)[C@@H](O)[C@H](O)[C@H](O)CO. The number of nitrogens with one attached hydrogen (secondary N) is 1. The highest BCUT2D eigenvalue weighted by Gasteiger charge is 2.34. The second-order valence-electron chi connectivity index (χ2n) is 3.22. The van der Waals surface area contributed by atoms with Crippen LogP contribution in [-0.2, 0) is 9.59 Å². The van der Waals surface area contributed by atoms with Crippen molar-refractivity contribution in [3.63, 3.8) is 0 Å². The lowest BCUT2D eigenvalue weighted by Crippen LogP contribution is -2.52. The summed E-state index contributed by atoms with van der Waals surface area (Å²) in [6.07, 6.45) is -7.76. The van der Waals surface area contributed by atoms with Crippen LogP contribution in [-0.4, -0.2) is 73.7 Å². The Morgan fingerprint density at radius 2 is 1.65 bits per heavy atom. The molecule has 0 heterocycles. The maximum Gasteiger partial charge on any atom is 0.258 e. The van der Waals surface area contributed by atoms with Gasteiger partial charge in [0.2, 0.25) is 5.91 Å². The first-order valence-corrected chi connectivity index (χ1v) is 5.70. The Bertz CT molecular complexity index is 275. The summed E-state index contributed by atoms with van der Waals surface area (Å²) in [5, 5.41) is 46.8. The van der Waals surface area contributed by atoms with E-state index in [1.54, 1.807) is 5.32 Å². The highest BCUT2D eigenvalue weighted by Crippen LogP contribution is 2.05. The molecule has 0 aliphatic heterocycles. The van der Waals surface area contributed by atoms with Gasteiger partial charge >= 0.3 is 0 Å². The molecular weight excluding hydrogens is 302 g/mol. The average molecular weight is 316 g/mol. The van der Waals surface area contributed by atoms with Crippen molar-refractivity contribution >= 4 is 27.7 Å². The minimum atomic E-state index is -2.10. The second-order valence-corrected chi connectivity index (χ2v) is 3.78. The first kappa shape index (κ1) is 16.4. The van der Waals surface area contributed by atoms with Crippen LogP contribution in [0.25, 0.3) is 0 Å². The van der Waals surface area contributed by atoms with E-state index >= 15 is 0 Å². The zero-order valence-corrected chi connectivity index (χ0v) is 10.2. The molecule has 0 unspecified atom stereocenters. The van der Waals surface area contributed by atoms with Gasteiger partial charge in [-0.3, -0.25) is 14.9 Å². The zero-order valence-electron chi connectivity index (χ0n) is 8.65. The molecule has 0 spiro atoms. The number of aliphatic hydroxyl groups is 5. The summed E-state index contributed by atoms with van der Waals surface area (Å²) in [5.41, 5.74) is 0. The van der Waals surface area contributed by atoms with Gasteiger partial charge in [0.25, 0.3) is 5.91 Å². The molecule has 8 nitrogen and oxygen atoms in total. The minimum absolute atomic E-state index is 0.177. The molecule has 0 aromatic rings. The van der Waals surface area contributed by atoms with E-state index in [4.69, 9.17) is 10.2 Å². The Morgan fingerprint density at radius 1 is 1.12 bits per heavy atom. The molecule has 0 rings (SSSR count). The monoisotopic (exact) mass is 315 g/mol. The Balaban J connectivity index is 4.43. The summed E-state index contributed by atoms with van der Waals surface area (Å²) < 4.78 is 0. The molecule has 0 aromatic carbocycles. The van der Waals surface area contributed by atoms with E-state index < -0.39 is 42.8 Å². The lowest BCUT2D eigenvalue weighted by atomic mass is 10.0. The van der Waals surface area contributed by atoms with Crippen molar-refractivity contribution in [2.45, 2.75) is 24.4 Å². The quantitative estimate of drug-likeness (QED) is 0.278. The molecule has 0 radical (unpaired) electrons. The molecular formula is C8H14BrNO7. The first-order chi connectivity index (χ1) is 7.84. The van der Waals surface area contributed by atoms with Gasteiger partial charge in [0, 0.05) is 0 Å². The van der Waals surface area contributed by atoms with Crippen molar-refractivity contribution in [3.05, 3.63) is 0 Å². The number of alkyl halides is 1. The predicted molar refractivity (Wildman–Crippen MR) is 58.1 cm³/mol. The van der Waals surface area contributed by atoms with Crippen LogP contribution >= 0.6 is 15.9 Å². The number of carbonyl (C=O) groups is 2. The van der Waals surface area contributed by atoms with Gasteiger partial charge in [0.15, 0.2) is 6.10 Å². The van der Waals surface area contributed by atoms with Crippen LogP contribution in [0.5, 0.6) is 0 Å². The van der Waals surface area contributed by atoms with E-state index in [1.807, 2.05) is 0 Å². The normalized spacial score (nSPS) is 18.0. The minimum Gasteiger partial charge on any atom is -0.394 e. The fraction of sp³-hybridized carbons (Fsp3) is 0.750. The summed E-state index contributed by atoms with van der Waals surface area (Å²) in [7, 11) is 0. The van der Waals surface area contributed by atoms with Crippen LogP contribution < -0.4 is 5.32 Å². The Hall–Kier alpha value is -0.580. The molecule has 9 heteroatoms. The smallest absolute Gasteiger partial charge is 0.258 e. The molecule has 0 aliphatic rings. The number of imide groups is 1. The molecule has 0 fully saturated rings. The number of amides is 2. The highest BCUT2D eigenvalue weighted by molar-refractivity contribution is 9.09. The third-order valence-electron chi connectivity index (χ3n) is 1.91. The standard InChI is InChI=1S/C8H14BrNO7/c9-1-4(13)10-8(17)7(16)6(15)5(14)3(12)2-11/h3,5-7,11-12,14-16H,1-2H2,(H,10,13,17)/t3-,5-,6+,7+/m1/s1. The third kappa shape index (κ3) is 5.06. The van der Waals surface area contributed by atoms with Crippen molar-refractivity contribution < 1.29 is 35.1 Å². The number of hydrogen-bond acceptors (Lipinski definition) is 7. The maximum atomic E-state index is 11.2. The van der Waals surface area contributed by atoms with Gasteiger partial charge in [-0.1, -0.05) is 15.9 Å². The van der Waals surface area contributed by atoms with Crippen LogP contribution in [0.2, 0.25) is 0 Å². The van der Waals surface area contributed by atoms with Crippen LogP contribution in [0.1, 0.15) is 0 Å². The maximum absolute atomic E-state index is 11.2. The molecule has 0 aliphatic carbocycles. The molecule has 0 aromatic heterocycles. The first-order valence-electron chi connectivity index (χ1n) is 4.58. The van der Waals surface area contributed by atoms with Crippen LogP contribution in [0.3, 0.4) is 0 Å². The number of rotatable bonds is 6. The van der Waals surface area contributed by atoms with Crippen LogP contribution in [0.15, 0.2) is 0 Å². The molecule has 4 atom stereocenters. The Kier molecular flexibility index (Phi) is 7.43. The van der Waals surface area contributed by atoms with E-state index in [9.17, 15) is 24.9 Å². The van der Waals surface area contributed by atoms with Gasteiger partial charge in [-0.15, -0.1) is 0 Å². The fourth-order valence-corrected chi connectivity index (χ4v) is 1.06. The summed E-state index contributed by atoms with van der Waals surface area (Å²) >= 11 is 2.76. The Labute approximate surface area is 105 Å². The van der Waals surface area contributed by atoms with Gasteiger partial charge in [-0.05, 0) is 0 Å². The molecule has 0 saturated carbocycles. The highest BCUT2D eigenvalue weighted by atomic mass is 79.9. The van der Waals surface area contributed by atoms with Crippen LogP contribution in [0.4, 0.5) is 0 Å². The van der Waals surface area contributed by atoms with Gasteiger partial charge in [-0.25, -0.2) is 0 Å². The van der Waals surface area contributed by atoms with Crippen molar-refractivity contribution in [3.8, 4) is 0 Å². The van der Waals surface area contributed by atoms with Crippen molar-refractivity contribution in [1.82, 2.24) is 5.32 Å². The lowest BCUT2D eigenvalue weighted by molar-refractivity contribution is -0.150. The summed E-state index contributed by atoms with van der Waals surface area (Å²) in [5.74, 6) is -1.95. The topological polar surface area (TPSA) is 147 Å². The third-order valence-corrected chi connectivity index (χ3v) is 2.42. The van der Waals surface area contributed by atoms with Gasteiger partial charge in [0.1, 0.15) is 18.3 Å². The van der Waals surface area contributed by atoms with E-state index in [0.29, 0.717) is 0 Å². The average Bonchev–Trinajstić information content (AvgIpc) is 2.34. The lowest BCUT2D eigenvalue weighted by Gasteiger charge is -2.24. The van der Waals surface area contributed by atoms with E-state index in [1.165, 1.54) is 0 Å². The summed E-state index contributed by atoms with van der Waals surface area (Å²) in [6, 6.07) is 0. The molecule has 6 N–H and O–H groups in total. The van der Waals surface area contributed by atoms with Crippen molar-refractivity contribution in [2.75, 3.05) is 11.9 Å². The molecule has 0 bridgehead atoms. The number of halogens is 1. The summed E-state index contributed by atoms with van der Waals surface area (Å²) in [6.45, 7) is -0.854. The largest absolute Gasteiger partial charge is 0.394 e. The van der Waals surface area contributed by atoms with E-state index in [-0.39, 0.29) is 5.33 Å². The predicted octanol–water partition coefficient (Wildman–Crippen LogP) is -3.54. The van der Waals surface area contributed by atoms with Gasteiger partial charge in [0.05, 0.1) is 11.9 Å². The van der Waals surface area contributed by atoms with Gasteiger partial charge < -0.3 is 25.5 Å². The molecule has 0 saturated heterocycles. The molecule has 2 amide bonds. The second kappa shape index (κ2) is 7.69. The number of aliphatic hydroxyl groups excluding tert-OH is 5. The summed E-state index contributed by atoms with van der Waals surface area (Å²) in [4.78, 5) is 21.9. The molecule has 17 heavy (non-hydrogen) atoms. The Morgan fingerprint density at radius 3 is 2.06 bits per heavy atom. The fourth-order valence-electron chi connectivity index (χ4n) is 0.922. The van der Waals surface area contributed by atoms with E-state index in [2.05, 4.69) is 15.9 Å². The van der Waals surface area contributed by atoms with E-state index in [0.717, 1.165) is 0 Å². The van der Waals surface area contributed by atoms with Crippen molar-refractivity contribution in [2.24, 2.45) is 0 Å². The zero-order chi connectivity index (χ0) is 13.6. The van der Waals surface area contributed by atoms with Crippen LogP contribution in [0, 0.1) is 0 Å². The number of carbonyl (C=O) groups excluding carboxylic acids is 2. The van der Waals surface area contributed by atoms with Gasteiger partial charge in [-0.2, -0.15) is 0 Å². The van der Waals surface area contributed by atoms with Crippen molar-refractivity contribution in [1.29, 1.82) is 0 Å². The number of hydrogen-bond donors (Lipinski definition) is 6.